The standard InChI is InChI=1S/C9H14N4O5/c1-5-11-7(18-13-5)2-3-10-9(17)12-6(4-14)8(15)16/h6,14H,2-4H2,1H3,(H,15,16)(H2,10,12,17)/t6-/m0/s1. The van der Waals surface area contributed by atoms with Gasteiger partial charge in [0, 0.05) is 13.0 Å². The van der Waals surface area contributed by atoms with E-state index >= 15 is 0 Å². The van der Waals surface area contributed by atoms with Crippen LogP contribution in [0.2, 0.25) is 0 Å². The Balaban J connectivity index is 2.26. The van der Waals surface area contributed by atoms with Gasteiger partial charge < -0.3 is 25.4 Å². The zero-order valence-corrected chi connectivity index (χ0v) is 9.71. The summed E-state index contributed by atoms with van der Waals surface area (Å²) in [6, 6.07) is -2.01. The third kappa shape index (κ3) is 4.37. The Hall–Kier alpha value is -2.16. The van der Waals surface area contributed by atoms with Crippen LogP contribution in [-0.4, -0.2) is 51.5 Å². The van der Waals surface area contributed by atoms with Crippen molar-refractivity contribution in [2.24, 2.45) is 0 Å². The molecule has 100 valence electrons. The number of nitrogens with one attached hydrogen (secondary N) is 2. The minimum atomic E-state index is -1.32. The second-order valence-electron chi connectivity index (χ2n) is 3.46. The molecule has 0 aliphatic rings. The highest BCUT2D eigenvalue weighted by molar-refractivity contribution is 5.82. The van der Waals surface area contributed by atoms with Crippen LogP contribution in [0, 0.1) is 6.92 Å². The number of carboxylic acid groups (broad SMARTS) is 1. The summed E-state index contributed by atoms with van der Waals surface area (Å²) >= 11 is 0. The average molecular weight is 258 g/mol. The monoisotopic (exact) mass is 258 g/mol. The van der Waals surface area contributed by atoms with E-state index < -0.39 is 24.6 Å². The van der Waals surface area contributed by atoms with Gasteiger partial charge in [-0.3, -0.25) is 0 Å². The third-order valence-corrected chi connectivity index (χ3v) is 1.98. The summed E-state index contributed by atoms with van der Waals surface area (Å²) in [4.78, 5) is 25.7. The highest BCUT2D eigenvalue weighted by Gasteiger charge is 2.18. The SMILES string of the molecule is Cc1noc(CCNC(=O)N[C@@H](CO)C(=O)O)n1. The number of amides is 2. The van der Waals surface area contributed by atoms with Crippen molar-refractivity contribution in [1.82, 2.24) is 20.8 Å². The first-order chi connectivity index (χ1) is 8.52. The van der Waals surface area contributed by atoms with Crippen LogP contribution in [0.5, 0.6) is 0 Å². The predicted molar refractivity (Wildman–Crippen MR) is 57.8 cm³/mol. The van der Waals surface area contributed by atoms with Crippen molar-refractivity contribution >= 4 is 12.0 Å². The number of hydrogen-bond donors (Lipinski definition) is 4. The highest BCUT2D eigenvalue weighted by Crippen LogP contribution is 1.95. The predicted octanol–water partition coefficient (Wildman–Crippen LogP) is -1.33. The van der Waals surface area contributed by atoms with Crippen LogP contribution in [0.25, 0.3) is 0 Å². The van der Waals surface area contributed by atoms with Gasteiger partial charge in [0.2, 0.25) is 5.89 Å². The molecule has 0 unspecified atom stereocenters. The molecule has 9 heteroatoms. The minimum Gasteiger partial charge on any atom is -0.480 e. The van der Waals surface area contributed by atoms with E-state index in [1.165, 1.54) is 0 Å². The quantitative estimate of drug-likeness (QED) is 0.495. The third-order valence-electron chi connectivity index (χ3n) is 1.98. The molecule has 1 heterocycles. The molecule has 0 aliphatic carbocycles. The smallest absolute Gasteiger partial charge is 0.328 e. The maximum atomic E-state index is 11.2. The molecule has 0 saturated heterocycles. The fourth-order valence-corrected chi connectivity index (χ4v) is 1.12. The molecule has 1 aromatic rings. The number of carbonyl (C=O) groups is 2. The van der Waals surface area contributed by atoms with Gasteiger partial charge in [0.25, 0.3) is 0 Å². The van der Waals surface area contributed by atoms with Crippen LogP contribution < -0.4 is 10.6 Å². The van der Waals surface area contributed by atoms with Gasteiger partial charge in [-0.05, 0) is 6.92 Å². The van der Waals surface area contributed by atoms with Crippen molar-refractivity contribution in [2.75, 3.05) is 13.2 Å². The summed E-state index contributed by atoms with van der Waals surface area (Å²) in [5.74, 6) is -0.425. The zero-order valence-electron chi connectivity index (χ0n) is 9.71. The van der Waals surface area contributed by atoms with Gasteiger partial charge in [-0.25, -0.2) is 9.59 Å². The molecule has 9 nitrogen and oxygen atoms in total. The number of nitrogens with zero attached hydrogens (tertiary/aromatic N) is 2. The molecular formula is C9H14N4O5. The van der Waals surface area contributed by atoms with Crippen LogP contribution in [-0.2, 0) is 11.2 Å². The Morgan fingerprint density at radius 2 is 2.22 bits per heavy atom. The molecule has 0 spiro atoms. The number of carbonyl (C=O) groups excluding carboxylic acids is 1. The van der Waals surface area contributed by atoms with Crippen molar-refractivity contribution in [3.05, 3.63) is 11.7 Å². The first-order valence-corrected chi connectivity index (χ1v) is 5.20. The molecule has 18 heavy (non-hydrogen) atoms. The maximum Gasteiger partial charge on any atom is 0.328 e. The number of hydrogen-bond acceptors (Lipinski definition) is 6. The Kier molecular flexibility index (Phi) is 5.06. The topological polar surface area (TPSA) is 138 Å². The molecule has 0 radical (unpaired) electrons. The van der Waals surface area contributed by atoms with Gasteiger partial charge in [0.1, 0.15) is 0 Å². The van der Waals surface area contributed by atoms with Crippen molar-refractivity contribution in [3.63, 3.8) is 0 Å². The number of aliphatic hydroxyl groups is 1. The molecule has 0 bridgehead atoms. The van der Waals surface area contributed by atoms with Crippen molar-refractivity contribution in [1.29, 1.82) is 0 Å². The summed E-state index contributed by atoms with van der Waals surface area (Å²) < 4.78 is 4.82. The largest absolute Gasteiger partial charge is 0.480 e. The molecule has 1 aromatic heterocycles. The number of rotatable bonds is 6. The average Bonchev–Trinajstić information content (AvgIpc) is 2.71. The minimum absolute atomic E-state index is 0.214. The van der Waals surface area contributed by atoms with Crippen LogP contribution >= 0.6 is 0 Å². The highest BCUT2D eigenvalue weighted by atomic mass is 16.5. The van der Waals surface area contributed by atoms with Crippen LogP contribution in [0.3, 0.4) is 0 Å². The van der Waals surface area contributed by atoms with Crippen LogP contribution in [0.4, 0.5) is 4.79 Å². The van der Waals surface area contributed by atoms with E-state index in [0.29, 0.717) is 18.1 Å². The van der Waals surface area contributed by atoms with Crippen molar-refractivity contribution in [2.45, 2.75) is 19.4 Å². The van der Waals surface area contributed by atoms with E-state index in [0.717, 1.165) is 0 Å². The summed E-state index contributed by atoms with van der Waals surface area (Å²) in [5, 5.41) is 25.4. The number of urea groups is 1. The Morgan fingerprint density at radius 1 is 1.50 bits per heavy atom. The van der Waals surface area contributed by atoms with Gasteiger partial charge in [-0.2, -0.15) is 4.98 Å². The van der Waals surface area contributed by atoms with Crippen molar-refractivity contribution < 1.29 is 24.3 Å². The van der Waals surface area contributed by atoms with Gasteiger partial charge in [0.05, 0.1) is 6.61 Å². The molecule has 0 saturated carbocycles. The van der Waals surface area contributed by atoms with E-state index in [2.05, 4.69) is 20.8 Å². The summed E-state index contributed by atoms with van der Waals surface area (Å²) in [6.45, 7) is 1.21. The summed E-state index contributed by atoms with van der Waals surface area (Å²) in [7, 11) is 0. The number of aromatic nitrogens is 2. The Labute approximate surface area is 102 Å². The van der Waals surface area contributed by atoms with Crippen LogP contribution in [0.1, 0.15) is 11.7 Å². The van der Waals surface area contributed by atoms with Crippen molar-refractivity contribution in [3.8, 4) is 0 Å². The van der Waals surface area contributed by atoms with Gasteiger partial charge >= 0.3 is 12.0 Å². The lowest BCUT2D eigenvalue weighted by atomic mass is 10.3. The normalized spacial score (nSPS) is 11.9. The first kappa shape index (κ1) is 13.9. The van der Waals surface area contributed by atoms with Crippen LogP contribution in [0.15, 0.2) is 4.52 Å². The molecule has 0 aliphatic heterocycles. The molecule has 4 N–H and O–H groups in total. The maximum absolute atomic E-state index is 11.2. The zero-order chi connectivity index (χ0) is 13.5. The van der Waals surface area contributed by atoms with E-state index in [1.54, 1.807) is 6.92 Å². The lowest BCUT2D eigenvalue weighted by Gasteiger charge is -2.11. The molecule has 0 aromatic carbocycles. The van der Waals surface area contributed by atoms with E-state index in [-0.39, 0.29) is 6.54 Å². The van der Waals surface area contributed by atoms with Gasteiger partial charge in [-0.15, -0.1) is 0 Å². The lowest BCUT2D eigenvalue weighted by Crippen LogP contribution is -2.48. The van der Waals surface area contributed by atoms with Gasteiger partial charge in [0.15, 0.2) is 11.9 Å². The number of aryl methyl sites for hydroxylation is 1. The molecular weight excluding hydrogens is 244 g/mol. The second kappa shape index (κ2) is 6.55. The molecule has 1 rings (SSSR count). The molecule has 2 amide bonds. The number of aliphatic carboxylic acids is 1. The van der Waals surface area contributed by atoms with E-state index in [9.17, 15) is 9.59 Å². The fourth-order valence-electron chi connectivity index (χ4n) is 1.12. The number of aliphatic hydroxyl groups excluding tert-OH is 1. The Bertz CT molecular complexity index is 419. The molecule has 0 fully saturated rings. The Morgan fingerprint density at radius 3 is 2.72 bits per heavy atom. The summed E-state index contributed by atoms with van der Waals surface area (Å²) in [6.07, 6.45) is 0.338. The summed E-state index contributed by atoms with van der Waals surface area (Å²) in [5.41, 5.74) is 0. The fraction of sp³-hybridized carbons (Fsp3) is 0.556. The lowest BCUT2D eigenvalue weighted by molar-refractivity contribution is -0.140. The van der Waals surface area contributed by atoms with E-state index in [4.69, 9.17) is 14.7 Å². The van der Waals surface area contributed by atoms with Gasteiger partial charge in [-0.1, -0.05) is 5.16 Å². The number of carboxylic acids is 1. The first-order valence-electron chi connectivity index (χ1n) is 5.20. The second-order valence-corrected chi connectivity index (χ2v) is 3.46. The van der Waals surface area contributed by atoms with E-state index in [1.807, 2.05) is 0 Å². The molecule has 1 atom stereocenters.